The number of aliphatic imine (C=N–C) groups is 1. The summed E-state index contributed by atoms with van der Waals surface area (Å²) < 4.78 is 5.18. The van der Waals surface area contributed by atoms with E-state index in [1.807, 2.05) is 42.5 Å². The number of carbonyl (C=O) groups excluding carboxylic acids is 1. The number of methoxy groups -OCH3 is 1. The fraction of sp³-hybridized carbons (Fsp3) is 0.391. The number of hydrogen-bond acceptors (Lipinski definition) is 3. The van der Waals surface area contributed by atoms with Gasteiger partial charge in [-0.15, -0.1) is 0 Å². The number of halogens is 1. The molecule has 0 unspecified atom stereocenters. The summed E-state index contributed by atoms with van der Waals surface area (Å²) in [5.74, 6) is 1.76. The Labute approximate surface area is 183 Å². The zero-order valence-corrected chi connectivity index (χ0v) is 18.3. The van der Waals surface area contributed by atoms with Crippen LogP contribution < -0.4 is 20.7 Å². The Hall–Kier alpha value is -2.73. The van der Waals surface area contributed by atoms with Crippen molar-refractivity contribution in [1.82, 2.24) is 10.6 Å². The number of nitrogens with zero attached hydrogens (tertiary/aromatic N) is 1. The lowest BCUT2D eigenvalue weighted by molar-refractivity contribution is -0.122. The van der Waals surface area contributed by atoms with Gasteiger partial charge in [0, 0.05) is 36.8 Å². The number of amides is 1. The predicted octanol–water partition coefficient (Wildman–Crippen LogP) is 3.99. The van der Waals surface area contributed by atoms with Gasteiger partial charge in [0.25, 0.3) is 0 Å². The van der Waals surface area contributed by atoms with Crippen LogP contribution in [0.1, 0.15) is 30.4 Å². The van der Waals surface area contributed by atoms with Gasteiger partial charge in [-0.2, -0.15) is 0 Å². The monoisotopic (exact) mass is 428 g/mol. The minimum absolute atomic E-state index is 0.126. The highest BCUT2D eigenvalue weighted by Gasteiger charge is 2.25. The third kappa shape index (κ3) is 6.13. The zero-order valence-electron chi connectivity index (χ0n) is 17.5. The van der Waals surface area contributed by atoms with Gasteiger partial charge in [0.05, 0.1) is 7.11 Å². The standard InChI is InChI=1S/C23H29ClN4O2/c1-25-23(26-12-11-17-9-10-20(30-2)14-21(17)24)27-15-16-5-3-8-19(13-16)28-22(29)18-6-4-7-18/h3,5,8-10,13-14,18H,4,6-7,11-12,15H2,1-2H3,(H,28,29)(H2,25,26,27). The van der Waals surface area contributed by atoms with Crippen LogP contribution in [0.2, 0.25) is 5.02 Å². The number of rotatable bonds is 8. The number of carbonyl (C=O) groups is 1. The smallest absolute Gasteiger partial charge is 0.227 e. The molecule has 3 N–H and O–H groups in total. The first kappa shape index (κ1) is 22.0. The molecule has 0 spiro atoms. The number of anilines is 1. The summed E-state index contributed by atoms with van der Waals surface area (Å²) in [6.45, 7) is 1.30. The minimum atomic E-state index is 0.126. The van der Waals surface area contributed by atoms with Crippen LogP contribution in [0.4, 0.5) is 5.69 Å². The second kappa shape index (κ2) is 10.9. The molecule has 1 aliphatic carbocycles. The lowest BCUT2D eigenvalue weighted by Gasteiger charge is -2.24. The third-order valence-electron chi connectivity index (χ3n) is 5.30. The largest absolute Gasteiger partial charge is 0.497 e. The molecule has 0 radical (unpaired) electrons. The average molecular weight is 429 g/mol. The van der Waals surface area contributed by atoms with Crippen molar-refractivity contribution in [1.29, 1.82) is 0 Å². The van der Waals surface area contributed by atoms with Crippen molar-refractivity contribution in [3.05, 3.63) is 58.6 Å². The van der Waals surface area contributed by atoms with E-state index in [9.17, 15) is 4.79 Å². The van der Waals surface area contributed by atoms with E-state index in [1.165, 1.54) is 0 Å². The molecular weight excluding hydrogens is 400 g/mol. The predicted molar refractivity (Wildman–Crippen MR) is 122 cm³/mol. The molecule has 0 bridgehead atoms. The van der Waals surface area contributed by atoms with E-state index in [2.05, 4.69) is 20.9 Å². The van der Waals surface area contributed by atoms with Crippen LogP contribution in [0.25, 0.3) is 0 Å². The lowest BCUT2D eigenvalue weighted by atomic mass is 9.85. The zero-order chi connectivity index (χ0) is 21.3. The minimum Gasteiger partial charge on any atom is -0.497 e. The number of hydrogen-bond donors (Lipinski definition) is 3. The molecule has 6 nitrogen and oxygen atoms in total. The van der Waals surface area contributed by atoms with Crippen LogP contribution in [0.3, 0.4) is 0 Å². The highest BCUT2D eigenvalue weighted by molar-refractivity contribution is 6.31. The summed E-state index contributed by atoms with van der Waals surface area (Å²) in [5, 5.41) is 10.3. The molecule has 1 amide bonds. The van der Waals surface area contributed by atoms with Crippen molar-refractivity contribution in [2.75, 3.05) is 26.0 Å². The summed E-state index contributed by atoms with van der Waals surface area (Å²) in [5.41, 5.74) is 2.96. The molecule has 0 heterocycles. The maximum atomic E-state index is 12.1. The van der Waals surface area contributed by atoms with Gasteiger partial charge in [0.2, 0.25) is 5.91 Å². The Bertz CT molecular complexity index is 897. The summed E-state index contributed by atoms with van der Waals surface area (Å²) in [4.78, 5) is 16.4. The van der Waals surface area contributed by atoms with Crippen molar-refractivity contribution in [3.63, 3.8) is 0 Å². The topological polar surface area (TPSA) is 74.8 Å². The van der Waals surface area contributed by atoms with Crippen LogP contribution in [0, 0.1) is 5.92 Å². The van der Waals surface area contributed by atoms with Gasteiger partial charge in [-0.05, 0) is 54.7 Å². The third-order valence-corrected chi connectivity index (χ3v) is 5.65. The number of guanidine groups is 1. The molecule has 2 aromatic carbocycles. The maximum absolute atomic E-state index is 12.1. The molecule has 7 heteroatoms. The molecule has 0 aliphatic heterocycles. The Morgan fingerprint density at radius 2 is 2.03 bits per heavy atom. The lowest BCUT2D eigenvalue weighted by Crippen LogP contribution is -2.37. The molecule has 2 aromatic rings. The summed E-state index contributed by atoms with van der Waals surface area (Å²) in [7, 11) is 3.37. The number of ether oxygens (including phenoxy) is 1. The first-order chi connectivity index (χ1) is 14.6. The van der Waals surface area contributed by atoms with Gasteiger partial charge in [0.15, 0.2) is 5.96 Å². The van der Waals surface area contributed by atoms with E-state index in [-0.39, 0.29) is 11.8 Å². The van der Waals surface area contributed by atoms with Crippen LogP contribution in [0.15, 0.2) is 47.5 Å². The van der Waals surface area contributed by atoms with E-state index in [1.54, 1.807) is 14.2 Å². The quantitative estimate of drug-likeness (QED) is 0.439. The van der Waals surface area contributed by atoms with Gasteiger partial charge in [-0.1, -0.05) is 36.2 Å². The molecule has 1 saturated carbocycles. The second-order valence-electron chi connectivity index (χ2n) is 7.38. The fourth-order valence-electron chi connectivity index (χ4n) is 3.25. The van der Waals surface area contributed by atoms with Crippen molar-refractivity contribution in [2.45, 2.75) is 32.2 Å². The van der Waals surface area contributed by atoms with E-state index in [0.717, 1.165) is 48.2 Å². The van der Waals surface area contributed by atoms with E-state index in [4.69, 9.17) is 16.3 Å². The highest BCUT2D eigenvalue weighted by Crippen LogP contribution is 2.27. The Morgan fingerprint density at radius 1 is 1.20 bits per heavy atom. The Kier molecular flexibility index (Phi) is 7.97. The highest BCUT2D eigenvalue weighted by atomic mass is 35.5. The maximum Gasteiger partial charge on any atom is 0.227 e. The summed E-state index contributed by atoms with van der Waals surface area (Å²) in [6, 6.07) is 13.6. The molecular formula is C23H29ClN4O2. The van der Waals surface area contributed by atoms with Crippen molar-refractivity contribution < 1.29 is 9.53 Å². The Morgan fingerprint density at radius 3 is 2.70 bits per heavy atom. The second-order valence-corrected chi connectivity index (χ2v) is 7.78. The number of benzene rings is 2. The van der Waals surface area contributed by atoms with Crippen molar-refractivity contribution in [2.24, 2.45) is 10.9 Å². The van der Waals surface area contributed by atoms with E-state index >= 15 is 0 Å². The van der Waals surface area contributed by atoms with Crippen LogP contribution in [-0.4, -0.2) is 32.6 Å². The molecule has 1 fully saturated rings. The van der Waals surface area contributed by atoms with E-state index < -0.39 is 0 Å². The van der Waals surface area contributed by atoms with Crippen LogP contribution >= 0.6 is 11.6 Å². The molecule has 30 heavy (non-hydrogen) atoms. The average Bonchev–Trinajstić information content (AvgIpc) is 2.70. The summed E-state index contributed by atoms with van der Waals surface area (Å²) >= 11 is 6.30. The van der Waals surface area contributed by atoms with Crippen molar-refractivity contribution in [3.8, 4) is 5.75 Å². The van der Waals surface area contributed by atoms with Gasteiger partial charge in [-0.3, -0.25) is 9.79 Å². The van der Waals surface area contributed by atoms with Crippen molar-refractivity contribution >= 4 is 29.2 Å². The fourth-order valence-corrected chi connectivity index (χ4v) is 3.52. The molecule has 0 aromatic heterocycles. The first-order valence-corrected chi connectivity index (χ1v) is 10.6. The number of nitrogens with one attached hydrogen (secondary N) is 3. The van der Waals surface area contributed by atoms with E-state index in [0.29, 0.717) is 24.1 Å². The first-order valence-electron chi connectivity index (χ1n) is 10.3. The normalized spacial score (nSPS) is 14.0. The molecule has 1 aliphatic rings. The van der Waals surface area contributed by atoms with Gasteiger partial charge in [0.1, 0.15) is 5.75 Å². The van der Waals surface area contributed by atoms with Crippen LogP contribution in [-0.2, 0) is 17.8 Å². The van der Waals surface area contributed by atoms with Gasteiger partial charge >= 0.3 is 0 Å². The van der Waals surface area contributed by atoms with Gasteiger partial charge < -0.3 is 20.7 Å². The summed E-state index contributed by atoms with van der Waals surface area (Å²) in [6.07, 6.45) is 3.92. The van der Waals surface area contributed by atoms with Gasteiger partial charge in [-0.25, -0.2) is 0 Å². The molecule has 0 saturated heterocycles. The molecule has 160 valence electrons. The van der Waals surface area contributed by atoms with Crippen LogP contribution in [0.5, 0.6) is 5.75 Å². The SMILES string of the molecule is CN=C(NCCc1ccc(OC)cc1Cl)NCc1cccc(NC(=O)C2CCC2)c1. The molecule has 0 atom stereocenters. The Balaban J connectivity index is 1.46. The molecule has 3 rings (SSSR count).